The van der Waals surface area contributed by atoms with Gasteiger partial charge in [0.1, 0.15) is 0 Å². The van der Waals surface area contributed by atoms with Crippen molar-refractivity contribution in [2.45, 2.75) is 6.42 Å². The van der Waals surface area contributed by atoms with Crippen molar-refractivity contribution in [2.24, 2.45) is 0 Å². The molecule has 4 nitrogen and oxygen atoms in total. The molecular weight excluding hydrogens is 337 g/mol. The lowest BCUT2D eigenvalue weighted by Crippen LogP contribution is -2.04. The SMILES string of the molecule is COc1nc(CC(=O)O)ccc1-c1c(Cl)cc(Cl)cc1Cl. The fourth-order valence-electron chi connectivity index (χ4n) is 1.88. The van der Waals surface area contributed by atoms with Crippen molar-refractivity contribution in [2.75, 3.05) is 7.11 Å². The number of aliphatic carboxylic acids is 1. The van der Waals surface area contributed by atoms with Crippen LogP contribution in [0, 0.1) is 0 Å². The quantitative estimate of drug-likeness (QED) is 0.894. The molecule has 0 atom stereocenters. The van der Waals surface area contributed by atoms with Gasteiger partial charge in [0.2, 0.25) is 5.88 Å². The predicted octanol–water partition coefficient (Wildman–Crippen LogP) is 4.34. The third-order valence-corrected chi connectivity index (χ3v) is 3.53. The van der Waals surface area contributed by atoms with Crippen molar-refractivity contribution in [3.63, 3.8) is 0 Å². The number of aromatic nitrogens is 1. The number of ether oxygens (including phenoxy) is 1. The van der Waals surface area contributed by atoms with Gasteiger partial charge >= 0.3 is 5.97 Å². The molecule has 1 heterocycles. The summed E-state index contributed by atoms with van der Waals surface area (Å²) in [5.41, 5.74) is 1.48. The zero-order chi connectivity index (χ0) is 15.6. The van der Waals surface area contributed by atoms with Gasteiger partial charge in [-0.1, -0.05) is 34.8 Å². The number of carbonyl (C=O) groups is 1. The third kappa shape index (κ3) is 3.59. The number of benzene rings is 1. The molecule has 2 rings (SSSR count). The highest BCUT2D eigenvalue weighted by molar-refractivity contribution is 6.41. The molecule has 1 N–H and O–H groups in total. The molecular formula is C14H10Cl3NO3. The van der Waals surface area contributed by atoms with Crippen LogP contribution in [0.25, 0.3) is 11.1 Å². The largest absolute Gasteiger partial charge is 0.481 e. The molecule has 0 saturated carbocycles. The Bertz CT molecular complexity index is 681. The normalized spacial score (nSPS) is 10.5. The van der Waals surface area contributed by atoms with Crippen LogP contribution in [0.4, 0.5) is 0 Å². The fraction of sp³-hybridized carbons (Fsp3) is 0.143. The van der Waals surface area contributed by atoms with E-state index in [4.69, 9.17) is 44.6 Å². The van der Waals surface area contributed by atoms with Gasteiger partial charge in [-0.05, 0) is 24.3 Å². The minimum Gasteiger partial charge on any atom is -0.481 e. The Balaban J connectivity index is 2.57. The van der Waals surface area contributed by atoms with Gasteiger partial charge in [-0.15, -0.1) is 0 Å². The maximum absolute atomic E-state index is 10.7. The average Bonchev–Trinajstić information content (AvgIpc) is 2.38. The summed E-state index contributed by atoms with van der Waals surface area (Å²) in [7, 11) is 1.44. The second kappa shape index (κ2) is 6.52. The molecule has 1 aromatic carbocycles. The van der Waals surface area contributed by atoms with Crippen molar-refractivity contribution >= 4 is 40.8 Å². The van der Waals surface area contributed by atoms with Gasteiger partial charge in [-0.3, -0.25) is 4.79 Å². The van der Waals surface area contributed by atoms with Crippen LogP contribution >= 0.6 is 34.8 Å². The van der Waals surface area contributed by atoms with Gasteiger partial charge in [-0.2, -0.15) is 0 Å². The van der Waals surface area contributed by atoms with Crippen LogP contribution in [0.1, 0.15) is 5.69 Å². The van der Waals surface area contributed by atoms with Crippen molar-refractivity contribution in [3.05, 3.63) is 45.0 Å². The number of nitrogens with zero attached hydrogens (tertiary/aromatic N) is 1. The molecule has 0 fully saturated rings. The van der Waals surface area contributed by atoms with E-state index in [-0.39, 0.29) is 12.3 Å². The van der Waals surface area contributed by atoms with Crippen molar-refractivity contribution in [1.29, 1.82) is 0 Å². The van der Waals surface area contributed by atoms with Crippen molar-refractivity contribution < 1.29 is 14.6 Å². The van der Waals surface area contributed by atoms with Gasteiger partial charge < -0.3 is 9.84 Å². The van der Waals surface area contributed by atoms with Gasteiger partial charge in [0, 0.05) is 16.1 Å². The second-order valence-electron chi connectivity index (χ2n) is 4.17. The predicted molar refractivity (Wildman–Crippen MR) is 82.6 cm³/mol. The molecule has 0 aliphatic rings. The zero-order valence-corrected chi connectivity index (χ0v) is 13.1. The lowest BCUT2D eigenvalue weighted by atomic mass is 10.1. The van der Waals surface area contributed by atoms with Crippen LogP contribution in [0.3, 0.4) is 0 Å². The third-order valence-electron chi connectivity index (χ3n) is 2.72. The van der Waals surface area contributed by atoms with E-state index < -0.39 is 5.97 Å². The van der Waals surface area contributed by atoms with Crippen LogP contribution in [-0.4, -0.2) is 23.2 Å². The second-order valence-corrected chi connectivity index (χ2v) is 5.43. The van der Waals surface area contributed by atoms with E-state index in [1.807, 2.05) is 0 Å². The first-order chi connectivity index (χ1) is 9.92. The van der Waals surface area contributed by atoms with Crippen LogP contribution in [0.2, 0.25) is 15.1 Å². The Morgan fingerprint density at radius 2 is 1.86 bits per heavy atom. The summed E-state index contributed by atoms with van der Waals surface area (Å²) < 4.78 is 5.21. The number of carboxylic acids is 1. The van der Waals surface area contributed by atoms with E-state index >= 15 is 0 Å². The average molecular weight is 347 g/mol. The molecule has 0 bridgehead atoms. The van der Waals surface area contributed by atoms with Crippen LogP contribution < -0.4 is 4.74 Å². The van der Waals surface area contributed by atoms with Crippen molar-refractivity contribution in [1.82, 2.24) is 4.98 Å². The Hall–Kier alpha value is -1.49. The molecule has 0 unspecified atom stereocenters. The summed E-state index contributed by atoms with van der Waals surface area (Å²) >= 11 is 18.2. The number of hydrogen-bond donors (Lipinski definition) is 1. The van der Waals surface area contributed by atoms with E-state index in [1.165, 1.54) is 7.11 Å². The summed E-state index contributed by atoms with van der Waals surface area (Å²) in [6, 6.07) is 6.39. The summed E-state index contributed by atoms with van der Waals surface area (Å²) in [6.07, 6.45) is -0.196. The highest BCUT2D eigenvalue weighted by atomic mass is 35.5. The molecule has 0 saturated heterocycles. The van der Waals surface area contributed by atoms with Gasteiger partial charge in [-0.25, -0.2) is 4.98 Å². The number of hydrogen-bond acceptors (Lipinski definition) is 3. The smallest absolute Gasteiger partial charge is 0.309 e. The Morgan fingerprint density at radius 3 is 2.38 bits per heavy atom. The van der Waals surface area contributed by atoms with E-state index in [1.54, 1.807) is 24.3 Å². The highest BCUT2D eigenvalue weighted by Crippen LogP contribution is 2.40. The van der Waals surface area contributed by atoms with Crippen LogP contribution in [-0.2, 0) is 11.2 Å². The first-order valence-electron chi connectivity index (χ1n) is 5.83. The topological polar surface area (TPSA) is 59.4 Å². The molecule has 0 spiro atoms. The lowest BCUT2D eigenvalue weighted by Gasteiger charge is -2.12. The van der Waals surface area contributed by atoms with Crippen LogP contribution in [0.15, 0.2) is 24.3 Å². The minimum atomic E-state index is -0.972. The van der Waals surface area contributed by atoms with Gasteiger partial charge in [0.25, 0.3) is 0 Å². The summed E-state index contributed by atoms with van der Waals surface area (Å²) in [4.78, 5) is 14.9. The standard InChI is InChI=1S/C14H10Cl3NO3/c1-21-14-9(3-2-8(18-14)6-12(19)20)13-10(16)4-7(15)5-11(13)17/h2-5H,6H2,1H3,(H,19,20). The zero-order valence-electron chi connectivity index (χ0n) is 10.9. The maximum Gasteiger partial charge on any atom is 0.309 e. The Labute approximate surface area is 136 Å². The molecule has 21 heavy (non-hydrogen) atoms. The summed E-state index contributed by atoms with van der Waals surface area (Å²) in [5, 5.41) is 9.94. The number of methoxy groups -OCH3 is 1. The number of rotatable bonds is 4. The van der Waals surface area contributed by atoms with Gasteiger partial charge in [0.05, 0.1) is 29.3 Å². The maximum atomic E-state index is 10.7. The monoisotopic (exact) mass is 345 g/mol. The Morgan fingerprint density at radius 1 is 1.24 bits per heavy atom. The first-order valence-corrected chi connectivity index (χ1v) is 6.96. The molecule has 0 amide bonds. The summed E-state index contributed by atoms with van der Waals surface area (Å²) in [5.74, 6) is -0.722. The van der Waals surface area contributed by atoms with E-state index in [2.05, 4.69) is 4.98 Å². The molecule has 7 heteroatoms. The lowest BCUT2D eigenvalue weighted by molar-refractivity contribution is -0.136. The first kappa shape index (κ1) is 15.9. The van der Waals surface area contributed by atoms with Gasteiger partial charge in [0.15, 0.2) is 0 Å². The summed E-state index contributed by atoms with van der Waals surface area (Å²) in [6.45, 7) is 0. The number of carboxylic acid groups (broad SMARTS) is 1. The molecule has 2 aromatic rings. The van der Waals surface area contributed by atoms with E-state index in [0.29, 0.717) is 31.9 Å². The molecule has 0 aliphatic heterocycles. The molecule has 0 aliphatic carbocycles. The molecule has 110 valence electrons. The van der Waals surface area contributed by atoms with Crippen LogP contribution in [0.5, 0.6) is 5.88 Å². The van der Waals surface area contributed by atoms with E-state index in [0.717, 1.165) is 0 Å². The van der Waals surface area contributed by atoms with E-state index in [9.17, 15) is 4.79 Å². The molecule has 0 radical (unpaired) electrons. The highest BCUT2D eigenvalue weighted by Gasteiger charge is 2.16. The Kier molecular flexibility index (Phi) is 4.93. The number of halogens is 3. The minimum absolute atomic E-state index is 0.196. The number of pyridine rings is 1. The fourth-order valence-corrected chi connectivity index (χ4v) is 2.90. The van der Waals surface area contributed by atoms with Crippen molar-refractivity contribution in [3.8, 4) is 17.0 Å². The molecule has 1 aromatic heterocycles.